The van der Waals surface area contributed by atoms with Crippen LogP contribution in [0.15, 0.2) is 72.9 Å². The molecule has 162 valence electrons. The zero-order valence-electron chi connectivity index (χ0n) is 18.2. The van der Waals surface area contributed by atoms with Crippen molar-refractivity contribution in [3.63, 3.8) is 0 Å². The molecule has 2 aromatic carbocycles. The minimum Gasteiger partial charge on any atom is -0.497 e. The second kappa shape index (κ2) is 9.34. The Labute approximate surface area is 186 Å². The molecule has 1 amide bonds. The molecule has 2 aromatic heterocycles. The van der Waals surface area contributed by atoms with Gasteiger partial charge in [0.2, 0.25) is 0 Å². The van der Waals surface area contributed by atoms with Gasteiger partial charge in [0, 0.05) is 17.8 Å². The van der Waals surface area contributed by atoms with E-state index in [1.165, 1.54) is 0 Å². The molecule has 0 unspecified atom stereocenters. The summed E-state index contributed by atoms with van der Waals surface area (Å²) in [4.78, 5) is 17.4. The molecule has 0 saturated heterocycles. The fourth-order valence-corrected chi connectivity index (χ4v) is 3.41. The average molecular weight is 428 g/mol. The number of carbonyl (C=O) groups excluding carboxylic acids is 1. The van der Waals surface area contributed by atoms with E-state index >= 15 is 0 Å². The molecular weight excluding hydrogens is 404 g/mol. The van der Waals surface area contributed by atoms with Gasteiger partial charge in [-0.15, -0.1) is 0 Å². The van der Waals surface area contributed by atoms with Crippen LogP contribution in [0.4, 0.5) is 0 Å². The van der Waals surface area contributed by atoms with Crippen molar-refractivity contribution in [3.05, 3.63) is 89.9 Å². The molecule has 0 spiro atoms. The normalized spacial score (nSPS) is 10.6. The lowest BCUT2D eigenvalue weighted by atomic mass is 10.1. The smallest absolute Gasteiger partial charge is 0.270 e. The first-order valence-electron chi connectivity index (χ1n) is 10.2. The fourth-order valence-electron chi connectivity index (χ4n) is 3.41. The fraction of sp³-hybridized carbons (Fsp3) is 0.160. The Morgan fingerprint density at radius 3 is 2.59 bits per heavy atom. The predicted molar refractivity (Wildman–Crippen MR) is 122 cm³/mol. The summed E-state index contributed by atoms with van der Waals surface area (Å²) in [7, 11) is 3.20. The number of amides is 1. The van der Waals surface area contributed by atoms with E-state index in [2.05, 4.69) is 10.3 Å². The largest absolute Gasteiger partial charge is 0.497 e. The second-order valence-electron chi connectivity index (χ2n) is 7.24. The van der Waals surface area contributed by atoms with Gasteiger partial charge in [-0.1, -0.05) is 18.2 Å². The van der Waals surface area contributed by atoms with Gasteiger partial charge in [-0.25, -0.2) is 4.68 Å². The first kappa shape index (κ1) is 21.1. The lowest BCUT2D eigenvalue weighted by Crippen LogP contribution is -2.25. The summed E-state index contributed by atoms with van der Waals surface area (Å²) < 4.78 is 12.5. The molecule has 0 atom stereocenters. The number of nitrogens with one attached hydrogen (secondary N) is 1. The van der Waals surface area contributed by atoms with Crippen LogP contribution in [0.25, 0.3) is 16.9 Å². The van der Waals surface area contributed by atoms with Crippen molar-refractivity contribution in [3.8, 4) is 28.4 Å². The standard InChI is InChI=1S/C25H24N4O3/c1-17-7-6-9-19(13-17)29-23(25(30)27-16-18-8-4-5-12-26-18)15-22(28-29)21-11-10-20(31-2)14-24(21)32-3/h4-15H,16H2,1-3H3,(H,27,30). The quantitative estimate of drug-likeness (QED) is 0.478. The van der Waals surface area contributed by atoms with E-state index in [0.29, 0.717) is 29.4 Å². The Morgan fingerprint density at radius 1 is 1.00 bits per heavy atom. The summed E-state index contributed by atoms with van der Waals surface area (Å²) in [5, 5.41) is 7.69. The van der Waals surface area contributed by atoms with Crippen LogP contribution in [-0.4, -0.2) is 34.9 Å². The number of aromatic nitrogens is 3. The minimum atomic E-state index is -0.247. The lowest BCUT2D eigenvalue weighted by molar-refractivity contribution is 0.0942. The highest BCUT2D eigenvalue weighted by molar-refractivity contribution is 5.94. The third-order valence-corrected chi connectivity index (χ3v) is 5.03. The molecule has 0 bridgehead atoms. The zero-order chi connectivity index (χ0) is 22.5. The van der Waals surface area contributed by atoms with Gasteiger partial charge in [0.05, 0.1) is 37.8 Å². The van der Waals surface area contributed by atoms with Crippen LogP contribution >= 0.6 is 0 Å². The highest BCUT2D eigenvalue weighted by Gasteiger charge is 2.20. The van der Waals surface area contributed by atoms with E-state index in [4.69, 9.17) is 14.6 Å². The molecule has 7 heteroatoms. The molecule has 32 heavy (non-hydrogen) atoms. The minimum absolute atomic E-state index is 0.247. The van der Waals surface area contributed by atoms with Gasteiger partial charge in [0.1, 0.15) is 17.2 Å². The summed E-state index contributed by atoms with van der Waals surface area (Å²) in [6, 6.07) is 20.7. The molecule has 0 fully saturated rings. The van der Waals surface area contributed by atoms with Gasteiger partial charge in [0.25, 0.3) is 5.91 Å². The van der Waals surface area contributed by atoms with E-state index in [1.807, 2.05) is 61.5 Å². The second-order valence-corrected chi connectivity index (χ2v) is 7.24. The van der Waals surface area contributed by atoms with Gasteiger partial charge in [-0.05, 0) is 55.0 Å². The number of benzene rings is 2. The molecule has 0 aliphatic carbocycles. The van der Waals surface area contributed by atoms with Crippen LogP contribution < -0.4 is 14.8 Å². The van der Waals surface area contributed by atoms with Crippen molar-refractivity contribution in [1.82, 2.24) is 20.1 Å². The highest BCUT2D eigenvalue weighted by atomic mass is 16.5. The molecule has 7 nitrogen and oxygen atoms in total. The number of nitrogens with zero attached hydrogens (tertiary/aromatic N) is 3. The topological polar surface area (TPSA) is 78.3 Å². The maximum absolute atomic E-state index is 13.1. The molecule has 4 aromatic rings. The number of carbonyl (C=O) groups is 1. The summed E-state index contributed by atoms with van der Waals surface area (Å²) >= 11 is 0. The first-order chi connectivity index (χ1) is 15.6. The molecule has 0 saturated carbocycles. The van der Waals surface area contributed by atoms with Crippen LogP contribution in [0.3, 0.4) is 0 Å². The Hall–Kier alpha value is -4.13. The first-order valence-corrected chi connectivity index (χ1v) is 10.2. The van der Waals surface area contributed by atoms with Gasteiger partial charge in [-0.2, -0.15) is 5.10 Å². The van der Waals surface area contributed by atoms with Crippen molar-refractivity contribution in [2.45, 2.75) is 13.5 Å². The van der Waals surface area contributed by atoms with Crippen LogP contribution in [0, 0.1) is 6.92 Å². The average Bonchev–Trinajstić information content (AvgIpc) is 3.28. The maximum Gasteiger partial charge on any atom is 0.270 e. The van der Waals surface area contributed by atoms with E-state index in [1.54, 1.807) is 37.2 Å². The summed E-state index contributed by atoms with van der Waals surface area (Å²) in [6.45, 7) is 2.32. The summed E-state index contributed by atoms with van der Waals surface area (Å²) in [6.07, 6.45) is 1.70. The summed E-state index contributed by atoms with van der Waals surface area (Å²) in [5.41, 5.74) is 4.44. The Kier molecular flexibility index (Phi) is 6.17. The Balaban J connectivity index is 1.75. The van der Waals surface area contributed by atoms with E-state index < -0.39 is 0 Å². The van der Waals surface area contributed by atoms with Gasteiger partial charge < -0.3 is 14.8 Å². The number of aryl methyl sites for hydroxylation is 1. The Morgan fingerprint density at radius 2 is 1.88 bits per heavy atom. The molecular formula is C25H24N4O3. The highest BCUT2D eigenvalue weighted by Crippen LogP contribution is 2.33. The van der Waals surface area contributed by atoms with E-state index in [0.717, 1.165) is 22.5 Å². The van der Waals surface area contributed by atoms with Crippen LogP contribution in [-0.2, 0) is 6.54 Å². The van der Waals surface area contributed by atoms with E-state index in [9.17, 15) is 4.79 Å². The van der Waals surface area contributed by atoms with Crippen LogP contribution in [0.1, 0.15) is 21.7 Å². The zero-order valence-corrected chi connectivity index (χ0v) is 18.2. The molecule has 0 radical (unpaired) electrons. The van der Waals surface area contributed by atoms with Crippen molar-refractivity contribution in [1.29, 1.82) is 0 Å². The number of hydrogen-bond donors (Lipinski definition) is 1. The number of hydrogen-bond acceptors (Lipinski definition) is 5. The molecule has 1 N–H and O–H groups in total. The van der Waals surface area contributed by atoms with Crippen molar-refractivity contribution in [2.24, 2.45) is 0 Å². The third-order valence-electron chi connectivity index (χ3n) is 5.03. The molecule has 0 aliphatic rings. The predicted octanol–water partition coefficient (Wildman–Crippen LogP) is 4.19. The third kappa shape index (κ3) is 4.46. The van der Waals surface area contributed by atoms with Crippen molar-refractivity contribution in [2.75, 3.05) is 14.2 Å². The number of ether oxygens (including phenoxy) is 2. The van der Waals surface area contributed by atoms with Gasteiger partial charge in [-0.3, -0.25) is 9.78 Å². The number of rotatable bonds is 7. The lowest BCUT2D eigenvalue weighted by Gasteiger charge is -2.09. The number of pyridine rings is 1. The SMILES string of the molecule is COc1ccc(-c2cc(C(=O)NCc3ccccn3)n(-c3cccc(C)c3)n2)c(OC)c1. The van der Waals surface area contributed by atoms with Crippen molar-refractivity contribution < 1.29 is 14.3 Å². The van der Waals surface area contributed by atoms with Gasteiger partial charge >= 0.3 is 0 Å². The molecule has 2 heterocycles. The number of methoxy groups -OCH3 is 2. The summed E-state index contributed by atoms with van der Waals surface area (Å²) in [5.74, 6) is 1.04. The van der Waals surface area contributed by atoms with Crippen molar-refractivity contribution >= 4 is 5.91 Å². The van der Waals surface area contributed by atoms with Crippen LogP contribution in [0.5, 0.6) is 11.5 Å². The Bertz CT molecular complexity index is 1240. The van der Waals surface area contributed by atoms with Gasteiger partial charge in [0.15, 0.2) is 0 Å². The maximum atomic E-state index is 13.1. The van der Waals surface area contributed by atoms with E-state index in [-0.39, 0.29) is 5.91 Å². The van der Waals surface area contributed by atoms with Crippen LogP contribution in [0.2, 0.25) is 0 Å². The molecule has 0 aliphatic heterocycles. The monoisotopic (exact) mass is 428 g/mol. The molecule has 4 rings (SSSR count).